The largest absolute Gasteiger partial charge is 0.355 e. The van der Waals surface area contributed by atoms with Crippen molar-refractivity contribution in [3.63, 3.8) is 0 Å². The minimum atomic E-state index is -0.602. The summed E-state index contributed by atoms with van der Waals surface area (Å²) in [7, 11) is 0. The molecule has 3 aromatic carbocycles. The zero-order chi connectivity index (χ0) is 23.8. The van der Waals surface area contributed by atoms with Crippen LogP contribution in [-0.2, 0) is 29.0 Å². The predicted octanol–water partition coefficient (Wildman–Crippen LogP) is 5.38. The second-order valence-electron chi connectivity index (χ2n) is 8.34. The molecule has 5 heteroatoms. The molecule has 0 unspecified atom stereocenters. The van der Waals surface area contributed by atoms with Gasteiger partial charge in [-0.2, -0.15) is 0 Å². The minimum absolute atomic E-state index is 0.0617. The summed E-state index contributed by atoms with van der Waals surface area (Å²) in [6, 6.07) is 23.2. The third-order valence-electron chi connectivity index (χ3n) is 5.81. The number of aryl methyl sites for hydroxylation is 2. The standard InChI is InChI=1S/C28H31BrN2O2/c1-4-30-28(33)26(17-22-8-6-5-7-9-22)31(19-23-12-14-25(29)15-13-23)27(32)18-24-11-10-20(2)21(3)16-24/h5-16,26H,4,17-19H2,1-3H3,(H,30,33)/t26-/m1/s1. The molecule has 0 aliphatic heterocycles. The van der Waals surface area contributed by atoms with Gasteiger partial charge in [-0.3, -0.25) is 9.59 Å². The van der Waals surface area contributed by atoms with Gasteiger partial charge in [0, 0.05) is 24.0 Å². The zero-order valence-electron chi connectivity index (χ0n) is 19.5. The van der Waals surface area contributed by atoms with E-state index in [2.05, 4.69) is 41.2 Å². The van der Waals surface area contributed by atoms with E-state index in [1.165, 1.54) is 5.56 Å². The van der Waals surface area contributed by atoms with Crippen LogP contribution in [0.15, 0.2) is 77.3 Å². The van der Waals surface area contributed by atoms with Gasteiger partial charge in [0.25, 0.3) is 0 Å². The lowest BCUT2D eigenvalue weighted by Crippen LogP contribution is -2.50. The smallest absolute Gasteiger partial charge is 0.243 e. The molecule has 0 saturated heterocycles. The van der Waals surface area contributed by atoms with Crippen molar-refractivity contribution in [1.29, 1.82) is 0 Å². The first-order valence-electron chi connectivity index (χ1n) is 11.3. The maximum absolute atomic E-state index is 13.7. The number of nitrogens with zero attached hydrogens (tertiary/aromatic N) is 1. The fraction of sp³-hybridized carbons (Fsp3) is 0.286. The molecule has 0 heterocycles. The molecule has 0 aliphatic carbocycles. The van der Waals surface area contributed by atoms with Crippen LogP contribution in [0.4, 0.5) is 0 Å². The summed E-state index contributed by atoms with van der Waals surface area (Å²) in [6.07, 6.45) is 0.713. The number of carbonyl (C=O) groups excluding carboxylic acids is 2. The lowest BCUT2D eigenvalue weighted by atomic mass is 10.00. The van der Waals surface area contributed by atoms with Crippen molar-refractivity contribution >= 4 is 27.7 Å². The number of likely N-dealkylation sites (N-methyl/N-ethyl adjacent to an activating group) is 1. The van der Waals surface area contributed by atoms with Crippen LogP contribution in [-0.4, -0.2) is 29.3 Å². The Bertz CT molecular complexity index is 1080. The number of benzene rings is 3. The molecule has 0 spiro atoms. The molecule has 0 aliphatic rings. The van der Waals surface area contributed by atoms with Crippen molar-refractivity contribution in [1.82, 2.24) is 10.2 Å². The Labute approximate surface area is 205 Å². The third kappa shape index (κ3) is 7.03. The maximum Gasteiger partial charge on any atom is 0.243 e. The highest BCUT2D eigenvalue weighted by molar-refractivity contribution is 9.10. The molecule has 33 heavy (non-hydrogen) atoms. The van der Waals surface area contributed by atoms with E-state index in [1.54, 1.807) is 4.90 Å². The van der Waals surface area contributed by atoms with Gasteiger partial charge in [0.1, 0.15) is 6.04 Å². The molecular formula is C28H31BrN2O2. The van der Waals surface area contributed by atoms with Crippen LogP contribution >= 0.6 is 15.9 Å². The normalized spacial score (nSPS) is 11.6. The zero-order valence-corrected chi connectivity index (χ0v) is 21.1. The van der Waals surface area contributed by atoms with Gasteiger partial charge >= 0.3 is 0 Å². The van der Waals surface area contributed by atoms with E-state index < -0.39 is 6.04 Å². The molecule has 2 amide bonds. The SMILES string of the molecule is CCNC(=O)[C@@H](Cc1ccccc1)N(Cc1ccc(Br)cc1)C(=O)Cc1ccc(C)c(C)c1. The summed E-state index contributed by atoms with van der Waals surface area (Å²) in [4.78, 5) is 28.6. The van der Waals surface area contributed by atoms with Crippen LogP contribution < -0.4 is 5.32 Å². The van der Waals surface area contributed by atoms with E-state index in [9.17, 15) is 9.59 Å². The van der Waals surface area contributed by atoms with Gasteiger partial charge in [-0.15, -0.1) is 0 Å². The molecule has 1 atom stereocenters. The molecule has 0 aromatic heterocycles. The van der Waals surface area contributed by atoms with Gasteiger partial charge < -0.3 is 10.2 Å². The minimum Gasteiger partial charge on any atom is -0.355 e. The van der Waals surface area contributed by atoms with Crippen molar-refractivity contribution in [3.8, 4) is 0 Å². The van der Waals surface area contributed by atoms with E-state index in [4.69, 9.17) is 0 Å². The fourth-order valence-electron chi connectivity index (χ4n) is 3.82. The molecule has 3 aromatic rings. The van der Waals surface area contributed by atoms with E-state index in [0.29, 0.717) is 19.5 Å². The highest BCUT2D eigenvalue weighted by atomic mass is 79.9. The highest BCUT2D eigenvalue weighted by Gasteiger charge is 2.30. The summed E-state index contributed by atoms with van der Waals surface area (Å²) in [5.74, 6) is -0.194. The van der Waals surface area contributed by atoms with E-state index in [1.807, 2.05) is 73.7 Å². The molecule has 0 bridgehead atoms. The monoisotopic (exact) mass is 506 g/mol. The molecule has 0 fully saturated rings. The number of hydrogen-bond donors (Lipinski definition) is 1. The molecule has 0 saturated carbocycles. The molecule has 172 valence electrons. The quantitative estimate of drug-likeness (QED) is 0.423. The van der Waals surface area contributed by atoms with Crippen LogP contribution in [0.1, 0.15) is 34.7 Å². The number of carbonyl (C=O) groups is 2. The predicted molar refractivity (Wildman–Crippen MR) is 137 cm³/mol. The number of rotatable bonds is 9. The summed E-state index contributed by atoms with van der Waals surface area (Å²) in [6.45, 7) is 6.89. The van der Waals surface area contributed by atoms with Crippen molar-refractivity contribution in [2.45, 2.75) is 46.2 Å². The average molecular weight is 507 g/mol. The second-order valence-corrected chi connectivity index (χ2v) is 9.26. The Morgan fingerprint density at radius 2 is 1.55 bits per heavy atom. The fourth-order valence-corrected chi connectivity index (χ4v) is 4.09. The van der Waals surface area contributed by atoms with Crippen molar-refractivity contribution in [2.75, 3.05) is 6.54 Å². The summed E-state index contributed by atoms with van der Waals surface area (Å²) in [5, 5.41) is 2.94. The Kier molecular flexibility index (Phi) is 8.84. The molecule has 0 radical (unpaired) electrons. The van der Waals surface area contributed by atoms with Crippen molar-refractivity contribution in [2.24, 2.45) is 0 Å². The lowest BCUT2D eigenvalue weighted by Gasteiger charge is -2.31. The van der Waals surface area contributed by atoms with Gasteiger partial charge in [-0.1, -0.05) is 76.6 Å². The summed E-state index contributed by atoms with van der Waals surface area (Å²) >= 11 is 3.47. The van der Waals surface area contributed by atoms with E-state index in [-0.39, 0.29) is 18.2 Å². The van der Waals surface area contributed by atoms with Gasteiger partial charge in [0.2, 0.25) is 11.8 Å². The van der Waals surface area contributed by atoms with Crippen LogP contribution in [0.3, 0.4) is 0 Å². The Balaban J connectivity index is 1.95. The van der Waals surface area contributed by atoms with Gasteiger partial charge in [0.15, 0.2) is 0 Å². The van der Waals surface area contributed by atoms with Crippen LogP contribution in [0.25, 0.3) is 0 Å². The number of hydrogen-bond acceptors (Lipinski definition) is 2. The lowest BCUT2D eigenvalue weighted by molar-refractivity contribution is -0.140. The number of halogens is 1. The van der Waals surface area contributed by atoms with Crippen LogP contribution in [0.2, 0.25) is 0 Å². The first-order chi connectivity index (χ1) is 15.9. The van der Waals surface area contributed by atoms with Gasteiger partial charge in [-0.25, -0.2) is 0 Å². The van der Waals surface area contributed by atoms with Crippen molar-refractivity contribution < 1.29 is 9.59 Å². The van der Waals surface area contributed by atoms with Crippen molar-refractivity contribution in [3.05, 3.63) is 105 Å². The van der Waals surface area contributed by atoms with E-state index in [0.717, 1.165) is 26.7 Å². The molecule has 4 nitrogen and oxygen atoms in total. The van der Waals surface area contributed by atoms with E-state index >= 15 is 0 Å². The first-order valence-corrected chi connectivity index (χ1v) is 12.1. The number of nitrogens with one attached hydrogen (secondary N) is 1. The summed E-state index contributed by atoms with van der Waals surface area (Å²) in [5.41, 5.74) is 5.31. The summed E-state index contributed by atoms with van der Waals surface area (Å²) < 4.78 is 0.976. The first kappa shape index (κ1) is 24.7. The topological polar surface area (TPSA) is 49.4 Å². The second kappa shape index (κ2) is 11.8. The third-order valence-corrected chi connectivity index (χ3v) is 6.34. The van der Waals surface area contributed by atoms with Crippen LogP contribution in [0, 0.1) is 13.8 Å². The highest BCUT2D eigenvalue weighted by Crippen LogP contribution is 2.19. The molecule has 3 rings (SSSR count). The average Bonchev–Trinajstić information content (AvgIpc) is 2.80. The molecule has 1 N–H and O–H groups in total. The molecular weight excluding hydrogens is 476 g/mol. The Hall–Kier alpha value is -2.92. The maximum atomic E-state index is 13.7. The van der Waals surface area contributed by atoms with Gasteiger partial charge in [0.05, 0.1) is 6.42 Å². The Morgan fingerprint density at radius 1 is 0.879 bits per heavy atom. The number of amides is 2. The Morgan fingerprint density at radius 3 is 2.18 bits per heavy atom. The van der Waals surface area contributed by atoms with Crippen LogP contribution in [0.5, 0.6) is 0 Å². The van der Waals surface area contributed by atoms with Gasteiger partial charge in [-0.05, 0) is 60.7 Å².